The van der Waals surface area contributed by atoms with Gasteiger partial charge in [0.05, 0.1) is 0 Å². The molecular formula is C57H98O6. The van der Waals surface area contributed by atoms with Crippen LogP contribution in [0.15, 0.2) is 72.9 Å². The van der Waals surface area contributed by atoms with Gasteiger partial charge in [0.1, 0.15) is 13.2 Å². The Morgan fingerprint density at radius 2 is 0.683 bits per heavy atom. The predicted octanol–water partition coefficient (Wildman–Crippen LogP) is 17.4. The van der Waals surface area contributed by atoms with Gasteiger partial charge in [-0.15, -0.1) is 0 Å². The van der Waals surface area contributed by atoms with Crippen LogP contribution < -0.4 is 0 Å². The van der Waals surface area contributed by atoms with Crippen molar-refractivity contribution in [3.8, 4) is 0 Å². The lowest BCUT2D eigenvalue weighted by molar-refractivity contribution is -0.167. The summed E-state index contributed by atoms with van der Waals surface area (Å²) in [5.41, 5.74) is 0. The van der Waals surface area contributed by atoms with E-state index in [1.807, 2.05) is 0 Å². The molecule has 0 aliphatic rings. The molecule has 6 heteroatoms. The van der Waals surface area contributed by atoms with Crippen LogP contribution in [0, 0.1) is 0 Å². The zero-order valence-electron chi connectivity index (χ0n) is 41.3. The maximum absolute atomic E-state index is 12.8. The third kappa shape index (κ3) is 49.7. The summed E-state index contributed by atoms with van der Waals surface area (Å²) in [4.78, 5) is 38.0. The maximum Gasteiger partial charge on any atom is 0.306 e. The predicted molar refractivity (Wildman–Crippen MR) is 270 cm³/mol. The Hall–Kier alpha value is -3.15. The molecule has 0 aromatic heterocycles. The third-order valence-electron chi connectivity index (χ3n) is 11.3. The second-order valence-corrected chi connectivity index (χ2v) is 17.5. The SMILES string of the molecule is CC/C=C\C/C=C\C/C=C\CCCCCCCCC(=O)OC(COC(=O)CCCCCCC\C=C/C=C\C=C/CCCCCCC)COC(=O)CCCCCCCCCCCCC. The maximum atomic E-state index is 12.8. The zero-order chi connectivity index (χ0) is 45.8. The summed E-state index contributed by atoms with van der Waals surface area (Å²) < 4.78 is 16.8. The molecule has 0 saturated heterocycles. The van der Waals surface area contributed by atoms with Crippen molar-refractivity contribution >= 4 is 17.9 Å². The normalized spacial score (nSPS) is 12.6. The van der Waals surface area contributed by atoms with Gasteiger partial charge in [-0.1, -0.05) is 229 Å². The number of rotatable bonds is 47. The number of carbonyl (C=O) groups excluding carboxylic acids is 3. The highest BCUT2D eigenvalue weighted by Gasteiger charge is 2.19. The van der Waals surface area contributed by atoms with E-state index in [4.69, 9.17) is 14.2 Å². The molecule has 0 aromatic carbocycles. The van der Waals surface area contributed by atoms with Crippen LogP contribution in [0.3, 0.4) is 0 Å². The zero-order valence-corrected chi connectivity index (χ0v) is 41.3. The van der Waals surface area contributed by atoms with E-state index < -0.39 is 6.10 Å². The Labute approximate surface area is 389 Å². The number of allylic oxidation sites excluding steroid dienone is 12. The van der Waals surface area contributed by atoms with Crippen LogP contribution in [0.25, 0.3) is 0 Å². The van der Waals surface area contributed by atoms with Crippen molar-refractivity contribution in [1.82, 2.24) is 0 Å². The summed E-state index contributed by atoms with van der Waals surface area (Å²) in [6.45, 7) is 6.48. The Morgan fingerprint density at radius 1 is 0.349 bits per heavy atom. The largest absolute Gasteiger partial charge is 0.462 e. The van der Waals surface area contributed by atoms with Gasteiger partial charge in [0.15, 0.2) is 6.10 Å². The average molecular weight is 879 g/mol. The molecule has 0 aliphatic heterocycles. The Bertz CT molecular complexity index is 1190. The molecule has 0 radical (unpaired) electrons. The first-order chi connectivity index (χ1) is 31.0. The van der Waals surface area contributed by atoms with Crippen molar-refractivity contribution in [2.75, 3.05) is 13.2 Å². The van der Waals surface area contributed by atoms with Gasteiger partial charge in [0, 0.05) is 19.3 Å². The van der Waals surface area contributed by atoms with Crippen molar-refractivity contribution < 1.29 is 28.6 Å². The molecule has 0 aromatic rings. The minimum absolute atomic E-state index is 0.0863. The van der Waals surface area contributed by atoms with Gasteiger partial charge in [0.2, 0.25) is 0 Å². The summed E-state index contributed by atoms with van der Waals surface area (Å²) in [6.07, 6.45) is 64.5. The molecule has 0 rings (SSSR count). The topological polar surface area (TPSA) is 78.9 Å². The van der Waals surface area contributed by atoms with Gasteiger partial charge in [-0.05, 0) is 77.0 Å². The number of ether oxygens (including phenoxy) is 3. The fourth-order valence-electron chi connectivity index (χ4n) is 7.28. The molecular weight excluding hydrogens is 781 g/mol. The molecule has 0 N–H and O–H groups in total. The average Bonchev–Trinajstić information content (AvgIpc) is 3.28. The van der Waals surface area contributed by atoms with Gasteiger partial charge in [-0.2, -0.15) is 0 Å². The molecule has 0 amide bonds. The molecule has 1 unspecified atom stereocenters. The number of carbonyl (C=O) groups is 3. The molecule has 0 heterocycles. The smallest absolute Gasteiger partial charge is 0.306 e. The van der Waals surface area contributed by atoms with Crippen LogP contribution >= 0.6 is 0 Å². The summed E-state index contributed by atoms with van der Waals surface area (Å²) >= 11 is 0. The van der Waals surface area contributed by atoms with Crippen molar-refractivity contribution in [2.24, 2.45) is 0 Å². The van der Waals surface area contributed by atoms with Crippen LogP contribution in [0.5, 0.6) is 0 Å². The molecule has 0 fully saturated rings. The standard InChI is InChI=1S/C57H98O6/c1-4-7-10-13-16-19-22-24-26-28-29-31-32-35-38-41-44-47-50-56(59)62-53-54(52-61-55(58)49-46-43-40-37-34-21-18-15-12-9-6-3)63-57(60)51-48-45-42-39-36-33-30-27-25-23-20-17-14-11-8-5-2/h8,11,17,20,22,24-29,31,54H,4-7,9-10,12-16,18-19,21,23,30,32-53H2,1-3H3/b11-8-,20-17-,24-22-,27-25-,28-26-,31-29-. The number of hydrogen-bond donors (Lipinski definition) is 0. The second-order valence-electron chi connectivity index (χ2n) is 17.5. The molecule has 0 bridgehead atoms. The molecule has 0 aliphatic carbocycles. The molecule has 0 saturated carbocycles. The van der Waals surface area contributed by atoms with Crippen molar-refractivity contribution in [2.45, 2.75) is 258 Å². The highest BCUT2D eigenvalue weighted by Crippen LogP contribution is 2.14. The van der Waals surface area contributed by atoms with E-state index in [-0.39, 0.29) is 31.1 Å². The first kappa shape index (κ1) is 59.9. The molecule has 6 nitrogen and oxygen atoms in total. The van der Waals surface area contributed by atoms with Crippen LogP contribution in [0.2, 0.25) is 0 Å². The lowest BCUT2D eigenvalue weighted by Crippen LogP contribution is -2.30. The van der Waals surface area contributed by atoms with Gasteiger partial charge >= 0.3 is 17.9 Å². The minimum atomic E-state index is -0.789. The fourth-order valence-corrected chi connectivity index (χ4v) is 7.28. The Balaban J connectivity index is 4.42. The Kier molecular flexibility index (Phi) is 48.9. The van der Waals surface area contributed by atoms with Crippen LogP contribution in [-0.2, 0) is 28.6 Å². The van der Waals surface area contributed by atoms with Gasteiger partial charge < -0.3 is 14.2 Å². The lowest BCUT2D eigenvalue weighted by atomic mass is 10.1. The second kappa shape index (κ2) is 51.5. The molecule has 1 atom stereocenters. The minimum Gasteiger partial charge on any atom is -0.462 e. The van der Waals surface area contributed by atoms with E-state index in [1.54, 1.807) is 0 Å². The Morgan fingerprint density at radius 3 is 1.10 bits per heavy atom. The van der Waals surface area contributed by atoms with Crippen LogP contribution in [0.1, 0.15) is 252 Å². The number of hydrogen-bond acceptors (Lipinski definition) is 6. The van der Waals surface area contributed by atoms with Crippen LogP contribution in [0.4, 0.5) is 0 Å². The summed E-state index contributed by atoms with van der Waals surface area (Å²) in [5.74, 6) is -0.917. The highest BCUT2D eigenvalue weighted by molar-refractivity contribution is 5.71. The van der Waals surface area contributed by atoms with Crippen LogP contribution in [-0.4, -0.2) is 37.2 Å². The monoisotopic (exact) mass is 879 g/mol. The first-order valence-corrected chi connectivity index (χ1v) is 26.5. The van der Waals surface area contributed by atoms with E-state index in [0.29, 0.717) is 19.3 Å². The van der Waals surface area contributed by atoms with E-state index in [2.05, 4.69) is 93.7 Å². The van der Waals surface area contributed by atoms with Gasteiger partial charge in [-0.25, -0.2) is 0 Å². The van der Waals surface area contributed by atoms with Gasteiger partial charge in [-0.3, -0.25) is 14.4 Å². The van der Waals surface area contributed by atoms with E-state index >= 15 is 0 Å². The highest BCUT2D eigenvalue weighted by atomic mass is 16.6. The molecule has 63 heavy (non-hydrogen) atoms. The summed E-state index contributed by atoms with van der Waals surface area (Å²) in [6, 6.07) is 0. The van der Waals surface area contributed by atoms with Crippen molar-refractivity contribution in [1.29, 1.82) is 0 Å². The molecule has 362 valence electrons. The van der Waals surface area contributed by atoms with Gasteiger partial charge in [0.25, 0.3) is 0 Å². The van der Waals surface area contributed by atoms with Crippen molar-refractivity contribution in [3.63, 3.8) is 0 Å². The quantitative estimate of drug-likeness (QED) is 0.0199. The number of esters is 3. The van der Waals surface area contributed by atoms with Crippen molar-refractivity contribution in [3.05, 3.63) is 72.9 Å². The summed E-state index contributed by atoms with van der Waals surface area (Å²) in [5, 5.41) is 0. The third-order valence-corrected chi connectivity index (χ3v) is 11.3. The fraction of sp³-hybridized carbons (Fsp3) is 0.737. The molecule has 0 spiro atoms. The van der Waals surface area contributed by atoms with E-state index in [9.17, 15) is 14.4 Å². The number of unbranched alkanes of at least 4 members (excludes halogenated alkanes) is 26. The summed E-state index contributed by atoms with van der Waals surface area (Å²) in [7, 11) is 0. The van der Waals surface area contributed by atoms with E-state index in [1.165, 1.54) is 103 Å². The van der Waals surface area contributed by atoms with E-state index in [0.717, 1.165) is 109 Å². The first-order valence-electron chi connectivity index (χ1n) is 26.5. The lowest BCUT2D eigenvalue weighted by Gasteiger charge is -2.18.